The molecule has 2 aliphatic heterocycles. The van der Waals surface area contributed by atoms with E-state index in [4.69, 9.17) is 11.6 Å². The van der Waals surface area contributed by atoms with Crippen LogP contribution in [0, 0.1) is 0 Å². The number of nitrogens with zero attached hydrogens (tertiary/aromatic N) is 3. The van der Waals surface area contributed by atoms with Crippen molar-refractivity contribution in [2.24, 2.45) is 0 Å². The first kappa shape index (κ1) is 20.3. The Morgan fingerprint density at radius 3 is 2.60 bits per heavy atom. The predicted octanol–water partition coefficient (Wildman–Crippen LogP) is 4.38. The molecule has 30 heavy (non-hydrogen) atoms. The number of aromatic amines is 1. The molecule has 1 unspecified atom stereocenters. The van der Waals surface area contributed by atoms with Crippen LogP contribution in [0.5, 0.6) is 0 Å². The number of nitrogens with one attached hydrogen (secondary N) is 1. The van der Waals surface area contributed by atoms with Crippen LogP contribution in [0.15, 0.2) is 52.1 Å². The minimum absolute atomic E-state index is 0.190. The molecule has 2 aliphatic rings. The lowest BCUT2D eigenvalue weighted by Crippen LogP contribution is -2.29. The van der Waals surface area contributed by atoms with Crippen molar-refractivity contribution in [2.75, 3.05) is 0 Å². The number of hydrogen-bond donors (Lipinski definition) is 1. The Morgan fingerprint density at radius 2 is 1.87 bits per heavy atom. The van der Waals surface area contributed by atoms with Crippen LogP contribution in [-0.2, 0) is 13.0 Å². The molecule has 0 radical (unpaired) electrons. The average Bonchev–Trinajstić information content (AvgIpc) is 2.72. The highest BCUT2D eigenvalue weighted by molar-refractivity contribution is 6.30. The van der Waals surface area contributed by atoms with E-state index in [-0.39, 0.29) is 11.6 Å². The zero-order valence-corrected chi connectivity index (χ0v) is 17.7. The molecule has 0 spiro atoms. The third-order valence-corrected chi connectivity index (χ3v) is 5.69. The lowest BCUT2D eigenvalue weighted by atomic mass is 9.98. The van der Waals surface area contributed by atoms with E-state index in [1.165, 1.54) is 11.1 Å². The summed E-state index contributed by atoms with van der Waals surface area (Å²) in [4.78, 5) is 35.2. The zero-order chi connectivity index (χ0) is 21.3. The minimum atomic E-state index is -0.657. The van der Waals surface area contributed by atoms with Gasteiger partial charge in [0, 0.05) is 11.6 Å². The van der Waals surface area contributed by atoms with Gasteiger partial charge < -0.3 is 4.57 Å². The molecule has 2 heterocycles. The summed E-state index contributed by atoms with van der Waals surface area (Å²) in [6.45, 7) is 4.87. The number of rotatable bonds is 6. The summed E-state index contributed by atoms with van der Waals surface area (Å²) < 4.78 is 1.94. The van der Waals surface area contributed by atoms with Gasteiger partial charge in [-0.2, -0.15) is 4.98 Å². The summed E-state index contributed by atoms with van der Waals surface area (Å²) in [5.74, 6) is 0.587. The molecule has 0 aliphatic carbocycles. The fourth-order valence-electron chi connectivity index (χ4n) is 3.80. The summed E-state index contributed by atoms with van der Waals surface area (Å²) in [6, 6.07) is 13.9. The Bertz CT molecular complexity index is 1280. The molecule has 1 N–H and O–H groups in total. The van der Waals surface area contributed by atoms with Crippen LogP contribution in [-0.4, -0.2) is 19.5 Å². The van der Waals surface area contributed by atoms with Crippen molar-refractivity contribution in [1.29, 1.82) is 0 Å². The molecule has 2 aromatic rings. The third kappa shape index (κ3) is 4.00. The second-order valence-electron chi connectivity index (χ2n) is 7.62. The maximum Gasteiger partial charge on any atom is 0.349 e. The monoisotopic (exact) mass is 422 g/mol. The van der Waals surface area contributed by atoms with Crippen LogP contribution >= 0.6 is 11.6 Å². The molecule has 0 saturated carbocycles. The molecule has 0 fully saturated rings. The van der Waals surface area contributed by atoms with Crippen molar-refractivity contribution in [3.05, 3.63) is 79.5 Å². The van der Waals surface area contributed by atoms with Gasteiger partial charge in [-0.3, -0.25) is 9.78 Å². The molecular weight excluding hydrogens is 400 g/mol. The Balaban J connectivity index is 1.79. The van der Waals surface area contributed by atoms with Crippen LogP contribution in [0.3, 0.4) is 0 Å². The second-order valence-corrected chi connectivity index (χ2v) is 8.06. The van der Waals surface area contributed by atoms with Crippen molar-refractivity contribution in [1.82, 2.24) is 19.5 Å². The maximum absolute atomic E-state index is 12.4. The fraction of sp³-hybridized carbons (Fsp3) is 0.304. The quantitative estimate of drug-likeness (QED) is 0.467. The standard InChI is InChI=1S/C23H23ClN4O2/c1-3-4-15-5-10-19-18(13-15)25-20-21(26-23(30)27-22(20)29)28(19)12-11-14(2)16-6-8-17(24)9-7-16/h5-10,13-14H,3-4,11-12H2,1-2H3,(H,27,29,30). The summed E-state index contributed by atoms with van der Waals surface area (Å²) in [5, 5.41) is 0.709. The van der Waals surface area contributed by atoms with Crippen molar-refractivity contribution in [3.63, 3.8) is 0 Å². The number of benzene rings is 2. The van der Waals surface area contributed by atoms with Crippen LogP contribution in [0.25, 0.3) is 22.6 Å². The number of H-pyrrole nitrogens is 1. The van der Waals surface area contributed by atoms with Gasteiger partial charge in [0.05, 0.1) is 11.0 Å². The van der Waals surface area contributed by atoms with E-state index in [1.54, 1.807) is 0 Å². The van der Waals surface area contributed by atoms with Gasteiger partial charge in [0.15, 0.2) is 11.5 Å². The molecular formula is C23H23ClN4O2. The van der Waals surface area contributed by atoms with Gasteiger partial charge in [0.2, 0.25) is 0 Å². The lowest BCUT2D eigenvalue weighted by molar-refractivity contribution is 0.582. The maximum atomic E-state index is 12.4. The van der Waals surface area contributed by atoms with Gasteiger partial charge >= 0.3 is 5.69 Å². The summed E-state index contributed by atoms with van der Waals surface area (Å²) in [5.41, 5.74) is 2.98. The van der Waals surface area contributed by atoms with Gasteiger partial charge in [-0.1, -0.05) is 50.1 Å². The van der Waals surface area contributed by atoms with E-state index in [1.807, 2.05) is 41.0 Å². The molecule has 4 rings (SSSR count). The number of aromatic nitrogens is 4. The molecule has 1 atom stereocenters. The first-order valence-corrected chi connectivity index (χ1v) is 10.5. The van der Waals surface area contributed by atoms with Crippen LogP contribution in [0.1, 0.15) is 43.7 Å². The molecule has 0 bridgehead atoms. The molecule has 2 aromatic carbocycles. The first-order chi connectivity index (χ1) is 14.5. The number of fused-ring (bicyclic) bond motifs is 2. The molecule has 7 heteroatoms. The normalized spacial score (nSPS) is 12.5. The van der Waals surface area contributed by atoms with Crippen molar-refractivity contribution < 1.29 is 0 Å². The van der Waals surface area contributed by atoms with E-state index < -0.39 is 11.2 Å². The van der Waals surface area contributed by atoms with Crippen molar-refractivity contribution in [2.45, 2.75) is 45.6 Å². The smallest absolute Gasteiger partial charge is 0.322 e. The van der Waals surface area contributed by atoms with Crippen molar-refractivity contribution >= 4 is 22.6 Å². The van der Waals surface area contributed by atoms with Gasteiger partial charge in [-0.25, -0.2) is 9.78 Å². The fourth-order valence-corrected chi connectivity index (χ4v) is 3.92. The molecule has 6 nitrogen and oxygen atoms in total. The molecule has 0 amide bonds. The van der Waals surface area contributed by atoms with E-state index in [9.17, 15) is 9.59 Å². The topological polar surface area (TPSA) is 80.6 Å². The average molecular weight is 423 g/mol. The van der Waals surface area contributed by atoms with Gasteiger partial charge in [0.1, 0.15) is 0 Å². The molecule has 0 aromatic heterocycles. The minimum Gasteiger partial charge on any atom is -0.322 e. The highest BCUT2D eigenvalue weighted by atomic mass is 35.5. The van der Waals surface area contributed by atoms with E-state index >= 15 is 0 Å². The summed E-state index contributed by atoms with van der Waals surface area (Å²) in [6.07, 6.45) is 2.77. The van der Waals surface area contributed by atoms with Gasteiger partial charge in [0.25, 0.3) is 5.56 Å². The summed E-state index contributed by atoms with van der Waals surface area (Å²) >= 11 is 6.00. The third-order valence-electron chi connectivity index (χ3n) is 5.44. The number of halogens is 1. The van der Waals surface area contributed by atoms with Crippen molar-refractivity contribution in [3.8, 4) is 11.5 Å². The Kier molecular flexibility index (Phi) is 5.68. The first-order valence-electron chi connectivity index (χ1n) is 10.1. The van der Waals surface area contributed by atoms with Crippen LogP contribution in [0.4, 0.5) is 0 Å². The summed E-state index contributed by atoms with van der Waals surface area (Å²) in [7, 11) is 0. The Morgan fingerprint density at radius 1 is 1.10 bits per heavy atom. The SMILES string of the molecule is CCCc1ccc2c(c1)nc1c(=O)[nH]c(=O)nc-1n2CCC(C)c1ccc(Cl)cc1. The molecule has 0 saturated heterocycles. The Labute approximate surface area is 178 Å². The predicted molar refractivity (Wildman–Crippen MR) is 120 cm³/mol. The largest absolute Gasteiger partial charge is 0.349 e. The van der Waals surface area contributed by atoms with Gasteiger partial charge in [-0.15, -0.1) is 0 Å². The van der Waals surface area contributed by atoms with Gasteiger partial charge in [-0.05, 0) is 54.2 Å². The zero-order valence-electron chi connectivity index (χ0n) is 17.0. The van der Waals surface area contributed by atoms with E-state index in [0.29, 0.717) is 17.4 Å². The highest BCUT2D eigenvalue weighted by Crippen LogP contribution is 2.26. The van der Waals surface area contributed by atoms with Crippen LogP contribution < -0.4 is 11.2 Å². The number of hydrogen-bond acceptors (Lipinski definition) is 4. The number of aryl methyl sites for hydroxylation is 2. The van der Waals surface area contributed by atoms with E-state index in [0.717, 1.165) is 30.3 Å². The van der Waals surface area contributed by atoms with E-state index in [2.05, 4.69) is 34.9 Å². The second kappa shape index (κ2) is 8.40. The highest BCUT2D eigenvalue weighted by Gasteiger charge is 2.19. The lowest BCUT2D eigenvalue weighted by Gasteiger charge is -2.19. The Hall–Kier alpha value is -2.99. The molecule has 154 valence electrons. The van der Waals surface area contributed by atoms with Crippen LogP contribution in [0.2, 0.25) is 5.02 Å².